The van der Waals surface area contributed by atoms with Crippen LogP contribution in [0.25, 0.3) is 0 Å². The van der Waals surface area contributed by atoms with E-state index in [0.29, 0.717) is 5.92 Å². The number of anilines is 1. The lowest BCUT2D eigenvalue weighted by Crippen LogP contribution is -2.23. The summed E-state index contributed by atoms with van der Waals surface area (Å²) in [6.07, 6.45) is 0.843. The van der Waals surface area contributed by atoms with Gasteiger partial charge in [0.1, 0.15) is 5.51 Å². The van der Waals surface area contributed by atoms with Gasteiger partial charge in [-0.05, 0) is 13.3 Å². The van der Waals surface area contributed by atoms with Crippen LogP contribution in [0.5, 0.6) is 0 Å². The summed E-state index contributed by atoms with van der Waals surface area (Å²) in [5.74, 6) is 0.392. The van der Waals surface area contributed by atoms with Gasteiger partial charge in [0, 0.05) is 19.0 Å². The third kappa shape index (κ3) is 1.81. The van der Waals surface area contributed by atoms with E-state index < -0.39 is 0 Å². The Morgan fingerprint density at radius 1 is 1.77 bits per heavy atom. The van der Waals surface area contributed by atoms with Gasteiger partial charge in [-0.25, -0.2) is 0 Å². The van der Waals surface area contributed by atoms with E-state index in [0.717, 1.165) is 24.6 Å². The maximum atomic E-state index is 9.41. The van der Waals surface area contributed by atoms with Crippen molar-refractivity contribution >= 4 is 16.5 Å². The summed E-state index contributed by atoms with van der Waals surface area (Å²) in [5, 5.41) is 18.2. The van der Waals surface area contributed by atoms with Crippen molar-refractivity contribution in [1.29, 1.82) is 0 Å². The molecule has 1 aliphatic heterocycles. The lowest BCUT2D eigenvalue weighted by atomic mass is 10.0. The van der Waals surface area contributed by atoms with Crippen molar-refractivity contribution in [1.82, 2.24) is 10.2 Å². The van der Waals surface area contributed by atoms with E-state index in [4.69, 9.17) is 0 Å². The van der Waals surface area contributed by atoms with Crippen molar-refractivity contribution in [3.05, 3.63) is 5.51 Å². The van der Waals surface area contributed by atoms with Gasteiger partial charge in [0.15, 0.2) is 0 Å². The molecule has 5 heteroatoms. The second-order valence-electron chi connectivity index (χ2n) is 3.46. The lowest BCUT2D eigenvalue weighted by molar-refractivity contribution is 0.136. The van der Waals surface area contributed by atoms with Crippen molar-refractivity contribution in [3.63, 3.8) is 0 Å². The third-order valence-corrected chi connectivity index (χ3v) is 3.28. The summed E-state index contributed by atoms with van der Waals surface area (Å²) in [6.45, 7) is 3.76. The number of hydrogen-bond donors (Lipinski definition) is 1. The number of hydrogen-bond acceptors (Lipinski definition) is 5. The Kier molecular flexibility index (Phi) is 2.46. The van der Waals surface area contributed by atoms with Gasteiger partial charge in [0.25, 0.3) is 0 Å². The number of aliphatic hydroxyl groups excluding tert-OH is 1. The Bertz CT molecular complexity index is 262. The SMILES string of the molecule is CC(O)C1CCN(c2nncs2)C1. The Hall–Kier alpha value is -0.680. The van der Waals surface area contributed by atoms with E-state index in [1.807, 2.05) is 6.92 Å². The molecule has 13 heavy (non-hydrogen) atoms. The minimum Gasteiger partial charge on any atom is -0.393 e. The molecule has 1 aromatic rings. The van der Waals surface area contributed by atoms with Gasteiger partial charge in [0.2, 0.25) is 5.13 Å². The van der Waals surface area contributed by atoms with Gasteiger partial charge in [0.05, 0.1) is 6.10 Å². The predicted molar refractivity (Wildman–Crippen MR) is 51.9 cm³/mol. The molecule has 0 aliphatic carbocycles. The van der Waals surface area contributed by atoms with E-state index in [9.17, 15) is 5.11 Å². The molecule has 2 rings (SSSR count). The van der Waals surface area contributed by atoms with Crippen LogP contribution in [0.2, 0.25) is 0 Å². The molecule has 0 amide bonds. The van der Waals surface area contributed by atoms with Crippen LogP contribution in [0, 0.1) is 5.92 Å². The van der Waals surface area contributed by atoms with Crippen LogP contribution in [0.15, 0.2) is 5.51 Å². The second-order valence-corrected chi connectivity index (χ2v) is 4.27. The first-order chi connectivity index (χ1) is 6.27. The number of aromatic nitrogens is 2. The minimum absolute atomic E-state index is 0.210. The van der Waals surface area contributed by atoms with Crippen molar-refractivity contribution in [2.24, 2.45) is 5.92 Å². The molecule has 2 heterocycles. The first-order valence-electron chi connectivity index (χ1n) is 4.46. The molecule has 4 nitrogen and oxygen atoms in total. The van der Waals surface area contributed by atoms with Crippen molar-refractivity contribution in [3.8, 4) is 0 Å². The van der Waals surface area contributed by atoms with E-state index in [1.54, 1.807) is 16.8 Å². The molecule has 0 aromatic carbocycles. The molecule has 1 aliphatic rings. The van der Waals surface area contributed by atoms with Crippen LogP contribution in [0.4, 0.5) is 5.13 Å². The van der Waals surface area contributed by atoms with Crippen molar-refractivity contribution < 1.29 is 5.11 Å². The first-order valence-corrected chi connectivity index (χ1v) is 5.34. The molecule has 72 valence electrons. The summed E-state index contributed by atoms with van der Waals surface area (Å²) in [5.41, 5.74) is 1.74. The van der Waals surface area contributed by atoms with Crippen LogP contribution in [-0.4, -0.2) is 34.5 Å². The monoisotopic (exact) mass is 199 g/mol. The van der Waals surface area contributed by atoms with Crippen molar-refractivity contribution in [2.45, 2.75) is 19.4 Å². The van der Waals surface area contributed by atoms with Crippen LogP contribution in [0.3, 0.4) is 0 Å². The van der Waals surface area contributed by atoms with E-state index in [-0.39, 0.29) is 6.10 Å². The minimum atomic E-state index is -0.210. The molecule has 1 aromatic heterocycles. The first kappa shape index (κ1) is 8.90. The van der Waals surface area contributed by atoms with Crippen molar-refractivity contribution in [2.75, 3.05) is 18.0 Å². The average Bonchev–Trinajstić information content (AvgIpc) is 2.75. The van der Waals surface area contributed by atoms with E-state index >= 15 is 0 Å². The van der Waals surface area contributed by atoms with Crippen LogP contribution in [-0.2, 0) is 0 Å². The maximum Gasteiger partial charge on any atom is 0.208 e. The molecule has 2 unspecified atom stereocenters. The standard InChI is InChI=1S/C8H13N3OS/c1-6(12)7-2-3-11(4-7)8-10-9-5-13-8/h5-7,12H,2-4H2,1H3. The van der Waals surface area contributed by atoms with Gasteiger partial charge in [-0.2, -0.15) is 0 Å². The highest BCUT2D eigenvalue weighted by atomic mass is 32.1. The fourth-order valence-electron chi connectivity index (χ4n) is 1.66. The average molecular weight is 199 g/mol. The molecule has 2 atom stereocenters. The third-order valence-electron chi connectivity index (χ3n) is 2.53. The molecular weight excluding hydrogens is 186 g/mol. The Labute approximate surface area is 81.2 Å². The zero-order chi connectivity index (χ0) is 9.26. The van der Waals surface area contributed by atoms with E-state index in [2.05, 4.69) is 15.1 Å². The summed E-state index contributed by atoms with van der Waals surface area (Å²) in [4.78, 5) is 2.19. The number of rotatable bonds is 2. The molecular formula is C8H13N3OS. The maximum absolute atomic E-state index is 9.41. The van der Waals surface area contributed by atoms with E-state index in [1.165, 1.54) is 0 Å². The van der Waals surface area contributed by atoms with Gasteiger partial charge in [-0.15, -0.1) is 10.2 Å². The quantitative estimate of drug-likeness (QED) is 0.763. The smallest absolute Gasteiger partial charge is 0.208 e. The largest absolute Gasteiger partial charge is 0.393 e. The summed E-state index contributed by atoms with van der Waals surface area (Å²) in [6, 6.07) is 0. The molecule has 0 radical (unpaired) electrons. The molecule has 0 spiro atoms. The fraction of sp³-hybridized carbons (Fsp3) is 0.750. The lowest BCUT2D eigenvalue weighted by Gasteiger charge is -2.15. The van der Waals surface area contributed by atoms with Crippen LogP contribution in [0.1, 0.15) is 13.3 Å². The highest BCUT2D eigenvalue weighted by Gasteiger charge is 2.27. The highest BCUT2D eigenvalue weighted by Crippen LogP contribution is 2.26. The molecule has 1 saturated heterocycles. The normalized spacial score (nSPS) is 25.1. The highest BCUT2D eigenvalue weighted by molar-refractivity contribution is 7.13. The number of aliphatic hydroxyl groups is 1. The molecule has 1 fully saturated rings. The Balaban J connectivity index is 1.99. The zero-order valence-corrected chi connectivity index (χ0v) is 8.37. The summed E-state index contributed by atoms with van der Waals surface area (Å²) < 4.78 is 0. The second kappa shape index (κ2) is 3.59. The zero-order valence-electron chi connectivity index (χ0n) is 7.55. The molecule has 0 bridgehead atoms. The summed E-state index contributed by atoms with van der Waals surface area (Å²) >= 11 is 1.56. The van der Waals surface area contributed by atoms with Gasteiger partial charge < -0.3 is 10.0 Å². The molecule has 1 N–H and O–H groups in total. The van der Waals surface area contributed by atoms with Crippen LogP contribution >= 0.6 is 11.3 Å². The summed E-state index contributed by atoms with van der Waals surface area (Å²) in [7, 11) is 0. The van der Waals surface area contributed by atoms with Crippen LogP contribution < -0.4 is 4.90 Å². The van der Waals surface area contributed by atoms with Gasteiger partial charge in [-0.3, -0.25) is 0 Å². The molecule has 0 saturated carbocycles. The predicted octanol–water partition coefficient (Wildman–Crippen LogP) is 0.745. The fourth-order valence-corrected chi connectivity index (χ4v) is 2.26. The topological polar surface area (TPSA) is 49.2 Å². The Morgan fingerprint density at radius 2 is 2.62 bits per heavy atom. The Morgan fingerprint density at radius 3 is 3.15 bits per heavy atom. The number of nitrogens with zero attached hydrogens (tertiary/aromatic N) is 3. The van der Waals surface area contributed by atoms with Gasteiger partial charge in [-0.1, -0.05) is 11.3 Å². The van der Waals surface area contributed by atoms with Gasteiger partial charge >= 0.3 is 0 Å².